The number of hydrogen-bond donors (Lipinski definition) is 3. The van der Waals surface area contributed by atoms with E-state index in [2.05, 4.69) is 17.6 Å². The molecule has 5 nitrogen and oxygen atoms in total. The Morgan fingerprint density at radius 2 is 2.15 bits per heavy atom. The van der Waals surface area contributed by atoms with Crippen molar-refractivity contribution in [1.82, 2.24) is 5.32 Å². The van der Waals surface area contributed by atoms with Crippen LogP contribution in [0.2, 0.25) is 0 Å². The van der Waals surface area contributed by atoms with Gasteiger partial charge in [-0.15, -0.1) is 0 Å². The van der Waals surface area contributed by atoms with Gasteiger partial charge in [0.2, 0.25) is 0 Å². The first-order chi connectivity index (χ1) is 9.67. The van der Waals surface area contributed by atoms with E-state index in [9.17, 15) is 4.79 Å². The molecule has 1 rings (SSSR count). The Morgan fingerprint density at radius 1 is 1.35 bits per heavy atom. The van der Waals surface area contributed by atoms with Crippen molar-refractivity contribution in [3.8, 4) is 5.75 Å². The third kappa shape index (κ3) is 5.93. The molecule has 20 heavy (non-hydrogen) atoms. The molecule has 0 spiro atoms. The molecule has 1 aromatic carbocycles. The SMILES string of the molecule is CCCCOc1ccc(NC(=O)NCCCO)c(C)c1. The van der Waals surface area contributed by atoms with E-state index in [0.717, 1.165) is 29.8 Å². The lowest BCUT2D eigenvalue weighted by Crippen LogP contribution is -2.30. The predicted molar refractivity (Wildman–Crippen MR) is 80.3 cm³/mol. The molecule has 5 heteroatoms. The minimum atomic E-state index is -0.263. The molecule has 3 N–H and O–H groups in total. The Bertz CT molecular complexity index is 422. The number of aliphatic hydroxyl groups excluding tert-OH is 1. The smallest absolute Gasteiger partial charge is 0.319 e. The van der Waals surface area contributed by atoms with Crippen molar-refractivity contribution >= 4 is 11.7 Å². The van der Waals surface area contributed by atoms with Crippen molar-refractivity contribution in [3.05, 3.63) is 23.8 Å². The van der Waals surface area contributed by atoms with E-state index in [-0.39, 0.29) is 12.6 Å². The second kappa shape index (κ2) is 9.20. The molecule has 0 aliphatic heterocycles. The van der Waals surface area contributed by atoms with Gasteiger partial charge < -0.3 is 20.5 Å². The summed E-state index contributed by atoms with van der Waals surface area (Å²) in [6.07, 6.45) is 2.69. The van der Waals surface area contributed by atoms with Crippen LogP contribution in [-0.2, 0) is 0 Å². The third-order valence-electron chi connectivity index (χ3n) is 2.83. The van der Waals surface area contributed by atoms with E-state index in [1.54, 1.807) is 0 Å². The highest BCUT2D eigenvalue weighted by molar-refractivity contribution is 5.90. The summed E-state index contributed by atoms with van der Waals surface area (Å²) < 4.78 is 5.61. The van der Waals surface area contributed by atoms with E-state index in [0.29, 0.717) is 19.6 Å². The topological polar surface area (TPSA) is 70.6 Å². The van der Waals surface area contributed by atoms with Gasteiger partial charge in [-0.3, -0.25) is 0 Å². The Balaban J connectivity index is 2.48. The Labute approximate surface area is 120 Å². The average Bonchev–Trinajstić information content (AvgIpc) is 2.42. The van der Waals surface area contributed by atoms with Gasteiger partial charge in [0.1, 0.15) is 5.75 Å². The molecule has 0 aromatic heterocycles. The summed E-state index contributed by atoms with van der Waals surface area (Å²) >= 11 is 0. The van der Waals surface area contributed by atoms with Gasteiger partial charge in [-0.1, -0.05) is 13.3 Å². The molecule has 112 valence electrons. The molecule has 2 amide bonds. The number of hydrogen-bond acceptors (Lipinski definition) is 3. The summed E-state index contributed by atoms with van der Waals surface area (Å²) in [6, 6.07) is 5.34. The quantitative estimate of drug-likeness (QED) is 0.641. The molecule has 0 heterocycles. The molecule has 1 aromatic rings. The molecule has 0 aliphatic carbocycles. The van der Waals surface area contributed by atoms with E-state index in [1.165, 1.54) is 0 Å². The number of aliphatic hydroxyl groups is 1. The average molecular weight is 280 g/mol. The maximum atomic E-state index is 11.6. The van der Waals surface area contributed by atoms with Crippen LogP contribution in [0.4, 0.5) is 10.5 Å². The van der Waals surface area contributed by atoms with Crippen molar-refractivity contribution in [3.63, 3.8) is 0 Å². The van der Waals surface area contributed by atoms with Crippen LogP contribution < -0.4 is 15.4 Å². The Morgan fingerprint density at radius 3 is 2.80 bits per heavy atom. The number of anilines is 1. The standard InChI is InChI=1S/C15H24N2O3/c1-3-4-10-20-13-6-7-14(12(2)11-13)17-15(19)16-8-5-9-18/h6-7,11,18H,3-5,8-10H2,1-2H3,(H2,16,17,19). The molecule has 0 unspecified atom stereocenters. The number of rotatable bonds is 8. The number of aryl methyl sites for hydroxylation is 1. The lowest BCUT2D eigenvalue weighted by Gasteiger charge is -2.12. The number of carbonyl (C=O) groups excluding carboxylic acids is 1. The van der Waals surface area contributed by atoms with E-state index >= 15 is 0 Å². The van der Waals surface area contributed by atoms with Crippen molar-refractivity contribution in [2.24, 2.45) is 0 Å². The molecule has 0 atom stereocenters. The molecule has 0 saturated heterocycles. The molecule has 0 saturated carbocycles. The maximum absolute atomic E-state index is 11.6. The predicted octanol–water partition coefficient (Wildman–Crippen LogP) is 2.68. The zero-order chi connectivity index (χ0) is 14.8. The van der Waals surface area contributed by atoms with Crippen LogP contribution in [0.5, 0.6) is 5.75 Å². The zero-order valence-corrected chi connectivity index (χ0v) is 12.2. The highest BCUT2D eigenvalue weighted by atomic mass is 16.5. The van der Waals surface area contributed by atoms with Gasteiger partial charge in [0.25, 0.3) is 0 Å². The van der Waals surface area contributed by atoms with E-state index in [4.69, 9.17) is 9.84 Å². The lowest BCUT2D eigenvalue weighted by molar-refractivity contribution is 0.249. The Hall–Kier alpha value is -1.75. The zero-order valence-electron chi connectivity index (χ0n) is 12.2. The fraction of sp³-hybridized carbons (Fsp3) is 0.533. The van der Waals surface area contributed by atoms with Crippen molar-refractivity contribution in [2.45, 2.75) is 33.1 Å². The fourth-order valence-corrected chi connectivity index (χ4v) is 1.65. The largest absolute Gasteiger partial charge is 0.494 e. The normalized spacial score (nSPS) is 10.2. The molecule has 0 aliphatic rings. The monoisotopic (exact) mass is 280 g/mol. The van der Waals surface area contributed by atoms with E-state index < -0.39 is 0 Å². The second-order valence-electron chi connectivity index (χ2n) is 4.64. The van der Waals surface area contributed by atoms with Crippen molar-refractivity contribution in [2.75, 3.05) is 25.1 Å². The van der Waals surface area contributed by atoms with Crippen LogP contribution in [0.15, 0.2) is 18.2 Å². The minimum Gasteiger partial charge on any atom is -0.494 e. The molecule has 0 bridgehead atoms. The first kappa shape index (κ1) is 16.3. The van der Waals surface area contributed by atoms with Gasteiger partial charge >= 0.3 is 6.03 Å². The van der Waals surface area contributed by atoms with Crippen LogP contribution in [0.3, 0.4) is 0 Å². The first-order valence-electron chi connectivity index (χ1n) is 7.06. The number of benzene rings is 1. The number of urea groups is 1. The summed E-state index contributed by atoms with van der Waals surface area (Å²) in [7, 11) is 0. The minimum absolute atomic E-state index is 0.0725. The van der Waals surface area contributed by atoms with Crippen LogP contribution in [0, 0.1) is 6.92 Å². The van der Waals surface area contributed by atoms with Gasteiger partial charge in [-0.25, -0.2) is 4.79 Å². The van der Waals surface area contributed by atoms with Crippen LogP contribution in [-0.4, -0.2) is 30.9 Å². The molecular weight excluding hydrogens is 256 g/mol. The number of nitrogens with one attached hydrogen (secondary N) is 2. The number of ether oxygens (including phenoxy) is 1. The first-order valence-corrected chi connectivity index (χ1v) is 7.06. The number of unbranched alkanes of at least 4 members (excludes halogenated alkanes) is 1. The summed E-state index contributed by atoms with van der Waals surface area (Å²) in [5.74, 6) is 0.821. The van der Waals surface area contributed by atoms with Crippen LogP contribution in [0.25, 0.3) is 0 Å². The highest BCUT2D eigenvalue weighted by Gasteiger charge is 2.05. The fourth-order valence-electron chi connectivity index (χ4n) is 1.65. The van der Waals surface area contributed by atoms with Gasteiger partial charge in [0.15, 0.2) is 0 Å². The summed E-state index contributed by atoms with van der Waals surface area (Å²) in [4.78, 5) is 11.6. The van der Waals surface area contributed by atoms with Crippen LogP contribution >= 0.6 is 0 Å². The number of amides is 2. The molecular formula is C15H24N2O3. The van der Waals surface area contributed by atoms with Crippen molar-refractivity contribution < 1.29 is 14.6 Å². The van der Waals surface area contributed by atoms with Crippen LogP contribution in [0.1, 0.15) is 31.7 Å². The van der Waals surface area contributed by atoms with E-state index in [1.807, 2.05) is 25.1 Å². The molecule has 0 fully saturated rings. The third-order valence-corrected chi connectivity index (χ3v) is 2.83. The Kier molecular flexibility index (Phi) is 7.50. The van der Waals surface area contributed by atoms with Crippen molar-refractivity contribution in [1.29, 1.82) is 0 Å². The van der Waals surface area contributed by atoms with Gasteiger partial charge in [0.05, 0.1) is 6.61 Å². The summed E-state index contributed by atoms with van der Waals surface area (Å²) in [5.41, 5.74) is 1.71. The van der Waals surface area contributed by atoms with Gasteiger partial charge in [0, 0.05) is 18.8 Å². The second-order valence-corrected chi connectivity index (χ2v) is 4.64. The molecule has 0 radical (unpaired) electrons. The van der Waals surface area contributed by atoms with Gasteiger partial charge in [-0.2, -0.15) is 0 Å². The lowest BCUT2D eigenvalue weighted by atomic mass is 10.2. The van der Waals surface area contributed by atoms with Gasteiger partial charge in [-0.05, 0) is 43.5 Å². The number of carbonyl (C=O) groups is 1. The highest BCUT2D eigenvalue weighted by Crippen LogP contribution is 2.21. The maximum Gasteiger partial charge on any atom is 0.319 e. The summed E-state index contributed by atoms with van der Waals surface area (Å²) in [5, 5.41) is 14.1. The summed E-state index contributed by atoms with van der Waals surface area (Å²) in [6.45, 7) is 5.29.